The van der Waals surface area contributed by atoms with E-state index in [1.807, 2.05) is 12.4 Å². The second-order valence-corrected chi connectivity index (χ2v) is 9.96. The highest BCUT2D eigenvalue weighted by atomic mass is 16.6. The molecule has 1 aliphatic heterocycles. The van der Waals surface area contributed by atoms with Crippen molar-refractivity contribution in [2.75, 3.05) is 6.61 Å². The van der Waals surface area contributed by atoms with Crippen LogP contribution in [0.3, 0.4) is 0 Å². The van der Waals surface area contributed by atoms with Gasteiger partial charge in [-0.2, -0.15) is 0 Å². The van der Waals surface area contributed by atoms with Crippen molar-refractivity contribution in [1.29, 1.82) is 0 Å². The van der Waals surface area contributed by atoms with E-state index in [1.54, 1.807) is 0 Å². The van der Waals surface area contributed by atoms with Gasteiger partial charge in [-0.1, -0.05) is 102 Å². The largest absolute Gasteiger partial charge is 0.373 e. The van der Waals surface area contributed by atoms with Crippen LogP contribution in [0.2, 0.25) is 0 Å². The molecule has 33 heavy (non-hydrogen) atoms. The maximum Gasteiger partial charge on any atom is 0.159 e. The summed E-state index contributed by atoms with van der Waals surface area (Å²) in [7, 11) is 0. The molecule has 3 heteroatoms. The lowest BCUT2D eigenvalue weighted by Crippen LogP contribution is -1.99. The Morgan fingerprint density at radius 3 is 2.09 bits per heavy atom. The minimum Gasteiger partial charge on any atom is -0.373 e. The standard InChI is InChI=1S/C30H46N2O/c1-3-5-6-7-8-9-10-12-15-25-22-31-30(32-23-25)28-20-18-27(19-21-28)26(4-2)16-13-11-14-17-29-24-33-29/h18-23,26,29H,3-17,24H2,1-2H3. The number of unbranched alkanes of at least 4 members (excludes halogenated alkanes) is 9. The van der Waals surface area contributed by atoms with Crippen LogP contribution in [0.1, 0.15) is 121 Å². The summed E-state index contributed by atoms with van der Waals surface area (Å²) in [6.07, 6.45) is 24.3. The predicted octanol–water partition coefficient (Wildman–Crippen LogP) is 8.67. The number of ether oxygens (including phenoxy) is 1. The van der Waals surface area contributed by atoms with Crippen molar-refractivity contribution in [3.05, 3.63) is 47.8 Å². The fraction of sp³-hybridized carbons (Fsp3) is 0.667. The minimum atomic E-state index is 0.584. The molecule has 0 aliphatic carbocycles. The second-order valence-electron chi connectivity index (χ2n) is 9.96. The summed E-state index contributed by atoms with van der Waals surface area (Å²) < 4.78 is 5.31. The Morgan fingerprint density at radius 1 is 0.818 bits per heavy atom. The maximum atomic E-state index is 5.31. The van der Waals surface area contributed by atoms with Gasteiger partial charge in [0.25, 0.3) is 0 Å². The van der Waals surface area contributed by atoms with Gasteiger partial charge in [-0.15, -0.1) is 0 Å². The second kappa shape index (κ2) is 15.2. The molecule has 2 heterocycles. The molecule has 2 unspecified atom stereocenters. The minimum absolute atomic E-state index is 0.584. The first-order valence-corrected chi connectivity index (χ1v) is 13.8. The van der Waals surface area contributed by atoms with E-state index in [1.165, 1.54) is 101 Å². The molecule has 1 aromatic heterocycles. The zero-order valence-electron chi connectivity index (χ0n) is 21.2. The Morgan fingerprint density at radius 2 is 1.45 bits per heavy atom. The fourth-order valence-electron chi connectivity index (χ4n) is 4.78. The number of epoxide rings is 1. The molecule has 1 aliphatic rings. The van der Waals surface area contributed by atoms with Crippen molar-refractivity contribution in [2.45, 2.75) is 122 Å². The summed E-state index contributed by atoms with van der Waals surface area (Å²) in [4.78, 5) is 9.32. The van der Waals surface area contributed by atoms with Gasteiger partial charge in [0.2, 0.25) is 0 Å². The third kappa shape index (κ3) is 9.96. The summed E-state index contributed by atoms with van der Waals surface area (Å²) >= 11 is 0. The van der Waals surface area contributed by atoms with Crippen LogP contribution in [-0.4, -0.2) is 22.7 Å². The van der Waals surface area contributed by atoms with Gasteiger partial charge >= 0.3 is 0 Å². The van der Waals surface area contributed by atoms with Crippen molar-refractivity contribution in [3.63, 3.8) is 0 Å². The third-order valence-electron chi connectivity index (χ3n) is 7.14. The third-order valence-corrected chi connectivity index (χ3v) is 7.14. The van der Waals surface area contributed by atoms with E-state index < -0.39 is 0 Å². The molecule has 0 N–H and O–H groups in total. The summed E-state index contributed by atoms with van der Waals surface area (Å²) in [5, 5.41) is 0. The first-order chi connectivity index (χ1) is 16.3. The molecule has 3 rings (SSSR count). The van der Waals surface area contributed by atoms with Crippen LogP contribution in [0.4, 0.5) is 0 Å². The van der Waals surface area contributed by atoms with E-state index in [4.69, 9.17) is 4.74 Å². The van der Waals surface area contributed by atoms with Crippen LogP contribution in [0.25, 0.3) is 11.4 Å². The van der Waals surface area contributed by atoms with Crippen LogP contribution in [0, 0.1) is 0 Å². The van der Waals surface area contributed by atoms with Crippen LogP contribution < -0.4 is 0 Å². The molecule has 3 nitrogen and oxygen atoms in total. The number of nitrogens with zero attached hydrogens (tertiary/aromatic N) is 2. The highest BCUT2D eigenvalue weighted by Crippen LogP contribution is 2.28. The average molecular weight is 451 g/mol. The zero-order valence-corrected chi connectivity index (χ0v) is 21.2. The molecular weight excluding hydrogens is 404 g/mol. The van der Waals surface area contributed by atoms with Crippen molar-refractivity contribution in [3.8, 4) is 11.4 Å². The van der Waals surface area contributed by atoms with Crippen molar-refractivity contribution < 1.29 is 4.74 Å². The van der Waals surface area contributed by atoms with Gasteiger partial charge in [0.15, 0.2) is 5.82 Å². The number of hydrogen-bond acceptors (Lipinski definition) is 3. The molecule has 1 saturated heterocycles. The summed E-state index contributed by atoms with van der Waals surface area (Å²) in [6.45, 7) is 5.58. The van der Waals surface area contributed by atoms with Gasteiger partial charge in [0, 0.05) is 18.0 Å². The summed E-state index contributed by atoms with van der Waals surface area (Å²) in [5.41, 5.74) is 3.84. The quantitative estimate of drug-likeness (QED) is 0.168. The maximum absolute atomic E-state index is 5.31. The Kier molecular flexibility index (Phi) is 11.9. The van der Waals surface area contributed by atoms with E-state index in [9.17, 15) is 0 Å². The number of aryl methyl sites for hydroxylation is 1. The summed E-state index contributed by atoms with van der Waals surface area (Å²) in [5.74, 6) is 1.50. The highest BCUT2D eigenvalue weighted by Gasteiger charge is 2.21. The van der Waals surface area contributed by atoms with Gasteiger partial charge in [-0.05, 0) is 49.1 Å². The van der Waals surface area contributed by atoms with Crippen molar-refractivity contribution >= 4 is 0 Å². The van der Waals surface area contributed by atoms with Crippen molar-refractivity contribution in [2.24, 2.45) is 0 Å². The van der Waals surface area contributed by atoms with Gasteiger partial charge in [0.05, 0.1) is 12.7 Å². The molecule has 0 saturated carbocycles. The Balaban J connectivity index is 1.37. The van der Waals surface area contributed by atoms with Gasteiger partial charge < -0.3 is 4.74 Å². The van der Waals surface area contributed by atoms with Gasteiger partial charge in [-0.3, -0.25) is 0 Å². The van der Waals surface area contributed by atoms with Crippen LogP contribution in [0.15, 0.2) is 36.7 Å². The Bertz CT molecular complexity index is 752. The first kappa shape index (κ1) is 25.9. The molecule has 1 aromatic carbocycles. The Hall–Kier alpha value is -1.74. The lowest BCUT2D eigenvalue weighted by molar-refractivity contribution is 0.386. The molecular formula is C30H46N2O. The van der Waals surface area contributed by atoms with Crippen molar-refractivity contribution in [1.82, 2.24) is 9.97 Å². The molecule has 0 amide bonds. The molecule has 0 spiro atoms. The lowest BCUT2D eigenvalue weighted by atomic mass is 9.90. The molecule has 2 aromatic rings. The monoisotopic (exact) mass is 450 g/mol. The van der Waals surface area contributed by atoms with E-state index in [0.717, 1.165) is 24.4 Å². The van der Waals surface area contributed by atoms with Crippen LogP contribution in [0.5, 0.6) is 0 Å². The van der Waals surface area contributed by atoms with Gasteiger partial charge in [0.1, 0.15) is 0 Å². The predicted molar refractivity (Wildman–Crippen MR) is 140 cm³/mol. The topological polar surface area (TPSA) is 38.3 Å². The molecule has 0 bridgehead atoms. The van der Waals surface area contributed by atoms with E-state index in [2.05, 4.69) is 48.1 Å². The van der Waals surface area contributed by atoms with Gasteiger partial charge in [-0.25, -0.2) is 9.97 Å². The van der Waals surface area contributed by atoms with Crippen LogP contribution in [-0.2, 0) is 11.2 Å². The SMILES string of the molecule is CCCCCCCCCCc1cnc(-c2ccc(C(CC)CCCCCC3CO3)cc2)nc1. The zero-order chi connectivity index (χ0) is 23.1. The first-order valence-electron chi connectivity index (χ1n) is 13.8. The van der Waals surface area contributed by atoms with E-state index >= 15 is 0 Å². The average Bonchev–Trinajstić information content (AvgIpc) is 3.68. The number of rotatable bonds is 18. The highest BCUT2D eigenvalue weighted by molar-refractivity contribution is 5.55. The molecule has 182 valence electrons. The fourth-order valence-corrected chi connectivity index (χ4v) is 4.78. The number of aromatic nitrogens is 2. The lowest BCUT2D eigenvalue weighted by Gasteiger charge is -2.15. The van der Waals surface area contributed by atoms with Crippen LogP contribution >= 0.6 is 0 Å². The molecule has 1 fully saturated rings. The Labute approximate surface area is 202 Å². The van der Waals surface area contributed by atoms with E-state index in [-0.39, 0.29) is 0 Å². The molecule has 0 radical (unpaired) electrons. The summed E-state index contributed by atoms with van der Waals surface area (Å²) in [6, 6.07) is 8.99. The normalized spacial score (nSPS) is 16.1. The molecule has 2 atom stereocenters. The smallest absolute Gasteiger partial charge is 0.159 e. The van der Waals surface area contributed by atoms with E-state index in [0.29, 0.717) is 12.0 Å². The number of benzene rings is 1. The number of hydrogen-bond donors (Lipinski definition) is 0.